The lowest BCUT2D eigenvalue weighted by molar-refractivity contribution is 0.102. The van der Waals surface area contributed by atoms with Gasteiger partial charge in [-0.1, -0.05) is 17.3 Å². The van der Waals surface area contributed by atoms with E-state index >= 15 is 0 Å². The maximum atomic E-state index is 12.1. The number of para-hydroxylation sites is 1. The normalized spacial score (nSPS) is 11.2. The van der Waals surface area contributed by atoms with Crippen LogP contribution in [0.3, 0.4) is 0 Å². The number of nitrogens with zero attached hydrogens (tertiary/aromatic N) is 2. The van der Waals surface area contributed by atoms with Gasteiger partial charge in [-0.15, -0.1) is 0 Å². The van der Waals surface area contributed by atoms with Gasteiger partial charge in [0.15, 0.2) is 5.84 Å². The van der Waals surface area contributed by atoms with E-state index in [1.165, 1.54) is 0 Å². The maximum absolute atomic E-state index is 12.1. The van der Waals surface area contributed by atoms with Crippen molar-refractivity contribution in [1.29, 1.82) is 0 Å². The van der Waals surface area contributed by atoms with Gasteiger partial charge in [0.1, 0.15) is 0 Å². The van der Waals surface area contributed by atoms with Crippen molar-refractivity contribution in [2.45, 2.75) is 6.92 Å². The summed E-state index contributed by atoms with van der Waals surface area (Å²) in [4.78, 5) is 16.2. The quantitative estimate of drug-likeness (QED) is 0.342. The van der Waals surface area contributed by atoms with Crippen LogP contribution in [-0.2, 0) is 0 Å². The first-order chi connectivity index (χ1) is 9.61. The molecule has 0 aliphatic heterocycles. The number of aromatic nitrogens is 1. The molecule has 0 aliphatic rings. The van der Waals surface area contributed by atoms with Gasteiger partial charge in [-0.2, -0.15) is 0 Å². The summed E-state index contributed by atoms with van der Waals surface area (Å²) < 4.78 is 0. The maximum Gasteiger partial charge on any atom is 0.255 e. The first kappa shape index (κ1) is 13.5. The predicted octanol–water partition coefficient (Wildman–Crippen LogP) is 1.74. The summed E-state index contributed by atoms with van der Waals surface area (Å²) in [5.41, 5.74) is 7.74. The highest BCUT2D eigenvalue weighted by Crippen LogP contribution is 2.16. The molecule has 0 saturated heterocycles. The summed E-state index contributed by atoms with van der Waals surface area (Å²) in [6.45, 7) is 1.81. The molecule has 1 heterocycles. The Labute approximate surface area is 115 Å². The monoisotopic (exact) mass is 270 g/mol. The zero-order chi connectivity index (χ0) is 14.5. The van der Waals surface area contributed by atoms with E-state index < -0.39 is 0 Å². The number of carbonyl (C=O) groups excluding carboxylic acids is 1. The molecule has 1 aromatic carbocycles. The van der Waals surface area contributed by atoms with Gasteiger partial charge < -0.3 is 16.3 Å². The first-order valence-corrected chi connectivity index (χ1v) is 5.92. The third kappa shape index (κ3) is 2.92. The van der Waals surface area contributed by atoms with Crippen molar-refractivity contribution in [3.05, 3.63) is 59.4 Å². The van der Waals surface area contributed by atoms with Crippen molar-refractivity contribution >= 4 is 17.4 Å². The Morgan fingerprint density at radius 3 is 2.80 bits per heavy atom. The fourth-order valence-corrected chi connectivity index (χ4v) is 1.75. The molecule has 0 spiro atoms. The van der Waals surface area contributed by atoms with Gasteiger partial charge in [0.2, 0.25) is 0 Å². The molecule has 2 rings (SSSR count). The molecule has 4 N–H and O–H groups in total. The smallest absolute Gasteiger partial charge is 0.255 e. The van der Waals surface area contributed by atoms with Gasteiger partial charge in [0.05, 0.1) is 5.69 Å². The number of rotatable bonds is 3. The number of nitrogens with two attached hydrogens (primary N) is 1. The van der Waals surface area contributed by atoms with E-state index in [9.17, 15) is 4.79 Å². The number of pyridine rings is 1. The van der Waals surface area contributed by atoms with E-state index in [0.717, 1.165) is 5.69 Å². The van der Waals surface area contributed by atoms with Crippen LogP contribution in [0.1, 0.15) is 21.6 Å². The predicted molar refractivity (Wildman–Crippen MR) is 75.9 cm³/mol. The molecule has 20 heavy (non-hydrogen) atoms. The van der Waals surface area contributed by atoms with Crippen LogP contribution in [0.15, 0.2) is 47.8 Å². The molecule has 2 aromatic rings. The number of anilines is 1. The fraction of sp³-hybridized carbons (Fsp3) is 0.0714. The Hall–Kier alpha value is -2.89. The van der Waals surface area contributed by atoms with Crippen molar-refractivity contribution in [2.24, 2.45) is 10.9 Å². The number of hydrogen-bond donors (Lipinski definition) is 3. The molecule has 1 amide bonds. The largest absolute Gasteiger partial charge is 0.409 e. The third-order valence-corrected chi connectivity index (χ3v) is 2.72. The fourth-order valence-electron chi connectivity index (χ4n) is 1.75. The SMILES string of the molecule is Cc1cc(C(=O)Nc2ccccc2/C(N)=N/O)ccn1. The standard InChI is InChI=1S/C14H14N4O2/c1-9-8-10(6-7-16-9)14(19)17-12-5-3-2-4-11(12)13(15)18-20/h2-8,20H,1H3,(H2,15,18)(H,17,19). The average molecular weight is 270 g/mol. The first-order valence-electron chi connectivity index (χ1n) is 5.92. The molecule has 0 bridgehead atoms. The Morgan fingerprint density at radius 1 is 1.35 bits per heavy atom. The third-order valence-electron chi connectivity index (χ3n) is 2.72. The lowest BCUT2D eigenvalue weighted by Gasteiger charge is -2.10. The van der Waals surface area contributed by atoms with Gasteiger partial charge in [0.25, 0.3) is 5.91 Å². The molecular weight excluding hydrogens is 256 g/mol. The van der Waals surface area contributed by atoms with Crippen molar-refractivity contribution in [3.63, 3.8) is 0 Å². The Morgan fingerprint density at radius 2 is 2.10 bits per heavy atom. The number of amides is 1. The molecule has 6 heteroatoms. The topological polar surface area (TPSA) is 101 Å². The molecule has 1 aromatic heterocycles. The number of amidine groups is 1. The van der Waals surface area contributed by atoms with Crippen LogP contribution in [0.25, 0.3) is 0 Å². The van der Waals surface area contributed by atoms with Crippen molar-refractivity contribution in [1.82, 2.24) is 4.98 Å². The number of hydrogen-bond acceptors (Lipinski definition) is 4. The summed E-state index contributed by atoms with van der Waals surface area (Å²) in [7, 11) is 0. The summed E-state index contributed by atoms with van der Waals surface area (Å²) in [6, 6.07) is 10.1. The van der Waals surface area contributed by atoms with Gasteiger partial charge in [-0.3, -0.25) is 9.78 Å². The van der Waals surface area contributed by atoms with Gasteiger partial charge in [-0.05, 0) is 31.2 Å². The highest BCUT2D eigenvalue weighted by atomic mass is 16.4. The molecule has 0 atom stereocenters. The summed E-state index contributed by atoms with van der Waals surface area (Å²) in [5.74, 6) is -0.347. The van der Waals surface area contributed by atoms with E-state index in [2.05, 4.69) is 15.5 Å². The zero-order valence-corrected chi connectivity index (χ0v) is 10.9. The molecule has 102 valence electrons. The molecule has 0 fully saturated rings. The van der Waals surface area contributed by atoms with Gasteiger partial charge in [-0.25, -0.2) is 0 Å². The van der Waals surface area contributed by atoms with Crippen LogP contribution in [0.2, 0.25) is 0 Å². The molecule has 6 nitrogen and oxygen atoms in total. The lowest BCUT2D eigenvalue weighted by atomic mass is 10.1. The number of aryl methyl sites for hydroxylation is 1. The van der Waals surface area contributed by atoms with Crippen LogP contribution in [0, 0.1) is 6.92 Å². The Bertz CT molecular complexity index is 668. The highest BCUT2D eigenvalue weighted by molar-refractivity contribution is 6.09. The number of benzene rings is 1. The van der Waals surface area contributed by atoms with Crippen molar-refractivity contribution in [3.8, 4) is 0 Å². The number of nitrogens with one attached hydrogen (secondary N) is 1. The van der Waals surface area contributed by atoms with Crippen LogP contribution in [-0.4, -0.2) is 21.9 Å². The van der Waals surface area contributed by atoms with E-state index in [-0.39, 0.29) is 11.7 Å². The van der Waals surface area contributed by atoms with E-state index in [4.69, 9.17) is 10.9 Å². The Balaban J connectivity index is 2.29. The molecule has 0 unspecified atom stereocenters. The second-order valence-electron chi connectivity index (χ2n) is 4.17. The van der Waals surface area contributed by atoms with Crippen LogP contribution < -0.4 is 11.1 Å². The number of oxime groups is 1. The van der Waals surface area contributed by atoms with E-state index in [1.54, 1.807) is 49.5 Å². The van der Waals surface area contributed by atoms with Gasteiger partial charge >= 0.3 is 0 Å². The van der Waals surface area contributed by atoms with E-state index in [0.29, 0.717) is 16.8 Å². The summed E-state index contributed by atoms with van der Waals surface area (Å²) >= 11 is 0. The minimum atomic E-state index is -0.284. The zero-order valence-electron chi connectivity index (χ0n) is 10.9. The highest BCUT2D eigenvalue weighted by Gasteiger charge is 2.11. The van der Waals surface area contributed by atoms with E-state index in [1.807, 2.05) is 0 Å². The Kier molecular flexibility index (Phi) is 3.95. The van der Waals surface area contributed by atoms with Crippen LogP contribution >= 0.6 is 0 Å². The lowest BCUT2D eigenvalue weighted by Crippen LogP contribution is -2.19. The van der Waals surface area contributed by atoms with Gasteiger partial charge in [0, 0.05) is 23.0 Å². The molecule has 0 radical (unpaired) electrons. The second-order valence-corrected chi connectivity index (χ2v) is 4.17. The van der Waals surface area contributed by atoms with Crippen LogP contribution in [0.5, 0.6) is 0 Å². The molecule has 0 aliphatic carbocycles. The molecule has 0 saturated carbocycles. The summed E-state index contributed by atoms with van der Waals surface area (Å²) in [6.07, 6.45) is 1.57. The van der Waals surface area contributed by atoms with Crippen molar-refractivity contribution in [2.75, 3.05) is 5.32 Å². The van der Waals surface area contributed by atoms with Crippen LogP contribution in [0.4, 0.5) is 5.69 Å². The minimum absolute atomic E-state index is 0.0631. The second kappa shape index (κ2) is 5.83. The summed E-state index contributed by atoms with van der Waals surface area (Å²) in [5, 5.41) is 14.4. The molecular formula is C14H14N4O2. The average Bonchev–Trinajstić information content (AvgIpc) is 2.47. The minimum Gasteiger partial charge on any atom is -0.409 e. The van der Waals surface area contributed by atoms with Crippen molar-refractivity contribution < 1.29 is 10.0 Å². The number of carbonyl (C=O) groups is 1.